The molecule has 0 radical (unpaired) electrons. The zero-order chi connectivity index (χ0) is 17.4. The summed E-state index contributed by atoms with van der Waals surface area (Å²) in [5.74, 6) is 0.382. The summed E-state index contributed by atoms with van der Waals surface area (Å²) in [6.45, 7) is 4.82. The highest BCUT2D eigenvalue weighted by atomic mass is 32.2. The van der Waals surface area contributed by atoms with Crippen molar-refractivity contribution >= 4 is 17.3 Å². The van der Waals surface area contributed by atoms with Crippen LogP contribution >= 0.6 is 0 Å². The first-order valence-electron chi connectivity index (χ1n) is 8.73. The van der Waals surface area contributed by atoms with Gasteiger partial charge in [0.1, 0.15) is 5.75 Å². The number of rotatable bonds is 9. The van der Waals surface area contributed by atoms with Crippen LogP contribution in [0.1, 0.15) is 38.7 Å². The maximum absolute atomic E-state index is 12.6. The molecule has 1 aliphatic rings. The lowest BCUT2D eigenvalue weighted by atomic mass is 10.0. The number of nitrogens with zero attached hydrogens (tertiary/aromatic N) is 1. The molecule has 2 rings (SSSR count). The van der Waals surface area contributed by atoms with Gasteiger partial charge in [-0.1, -0.05) is 49.8 Å². The third-order valence-corrected chi connectivity index (χ3v) is 5.76. The molecule has 0 saturated carbocycles. The van der Waals surface area contributed by atoms with Gasteiger partial charge in [0.05, 0.1) is 24.8 Å². The number of unbranched alkanes of at least 4 members (excludes halogenated alkanes) is 1. The van der Waals surface area contributed by atoms with Gasteiger partial charge in [0, 0.05) is 11.4 Å². The molecule has 4 nitrogen and oxygen atoms in total. The van der Waals surface area contributed by atoms with Gasteiger partial charge >= 0.3 is 5.97 Å². The quantitative estimate of drug-likeness (QED) is 0.507. The van der Waals surface area contributed by atoms with Gasteiger partial charge < -0.3 is 9.29 Å². The van der Waals surface area contributed by atoms with Gasteiger partial charge in [-0.25, -0.2) is 4.79 Å². The summed E-state index contributed by atoms with van der Waals surface area (Å²) in [5.41, 5.74) is 1.89. The fraction of sp³-hybridized carbons (Fsp3) is 0.526. The van der Waals surface area contributed by atoms with E-state index in [2.05, 4.69) is 19.1 Å². The summed E-state index contributed by atoms with van der Waals surface area (Å²) in [4.78, 5) is 12.2. The Kier molecular flexibility index (Phi) is 7.82. The largest absolute Gasteiger partial charge is 0.598 e. The molecule has 24 heavy (non-hydrogen) atoms. The number of hydrogen-bond donors (Lipinski definition) is 0. The van der Waals surface area contributed by atoms with E-state index in [-0.39, 0.29) is 12.0 Å². The van der Waals surface area contributed by atoms with Crippen LogP contribution in [0.3, 0.4) is 0 Å². The van der Waals surface area contributed by atoms with E-state index in [0.29, 0.717) is 24.5 Å². The molecule has 0 spiro atoms. The minimum atomic E-state index is -1.05. The maximum Gasteiger partial charge on any atom is 0.335 e. The molecule has 2 unspecified atom stereocenters. The van der Waals surface area contributed by atoms with Crippen LogP contribution in [0.5, 0.6) is 0 Å². The fourth-order valence-electron chi connectivity index (χ4n) is 2.90. The average molecular weight is 349 g/mol. The number of hydrogen-bond acceptors (Lipinski definition) is 4. The number of carbonyl (C=O) groups is 1. The lowest BCUT2D eigenvalue weighted by molar-refractivity contribution is -0.138. The van der Waals surface area contributed by atoms with Crippen LogP contribution in [0.2, 0.25) is 0 Å². The molecule has 132 valence electrons. The molecule has 2 atom stereocenters. The second-order valence-electron chi connectivity index (χ2n) is 5.90. The lowest BCUT2D eigenvalue weighted by Gasteiger charge is -2.27. The molecular weight excluding hydrogens is 322 g/mol. The molecule has 0 aromatic heterocycles. The van der Waals surface area contributed by atoms with E-state index in [4.69, 9.17) is 4.74 Å². The van der Waals surface area contributed by atoms with Gasteiger partial charge in [0.2, 0.25) is 0 Å². The maximum atomic E-state index is 12.6. The molecule has 1 aromatic rings. The minimum absolute atomic E-state index is 0.123. The SMILES string of the molecule is CCCC[S+]([O-])N1CC=C(C(=O)OCC)C1CCc1ccccc1. The molecule has 0 saturated heterocycles. The number of benzene rings is 1. The Morgan fingerprint density at radius 3 is 2.75 bits per heavy atom. The van der Waals surface area contributed by atoms with Gasteiger partial charge in [-0.2, -0.15) is 0 Å². The predicted molar refractivity (Wildman–Crippen MR) is 97.9 cm³/mol. The van der Waals surface area contributed by atoms with Crippen LogP contribution in [0.15, 0.2) is 42.0 Å². The summed E-state index contributed by atoms with van der Waals surface area (Å²) in [6.07, 6.45) is 5.46. The van der Waals surface area contributed by atoms with Crippen molar-refractivity contribution < 1.29 is 14.1 Å². The highest BCUT2D eigenvalue weighted by Gasteiger charge is 2.38. The van der Waals surface area contributed by atoms with Crippen LogP contribution < -0.4 is 0 Å². The Balaban J connectivity index is 2.06. The standard InChI is InChI=1S/C19H27NO3S/c1-3-5-15-24(22)20-14-13-17(19(21)23-4-2)18(20)12-11-16-9-7-6-8-10-16/h6-10,13,18H,3-5,11-12,14-15H2,1-2H3. The Hall–Kier alpha value is -1.30. The first kappa shape index (κ1) is 19.0. The van der Waals surface area contributed by atoms with Crippen molar-refractivity contribution in [3.8, 4) is 0 Å². The number of esters is 1. The second-order valence-corrected chi connectivity index (χ2v) is 7.42. The molecule has 1 aromatic carbocycles. The first-order chi connectivity index (χ1) is 11.7. The zero-order valence-corrected chi connectivity index (χ0v) is 15.4. The zero-order valence-electron chi connectivity index (χ0n) is 14.6. The van der Waals surface area contributed by atoms with E-state index in [1.807, 2.05) is 35.5 Å². The smallest absolute Gasteiger partial charge is 0.335 e. The van der Waals surface area contributed by atoms with Crippen LogP contribution in [-0.2, 0) is 27.3 Å². The topological polar surface area (TPSA) is 52.6 Å². The van der Waals surface area contributed by atoms with Crippen LogP contribution in [0, 0.1) is 0 Å². The van der Waals surface area contributed by atoms with Crippen LogP contribution in [-0.4, -0.2) is 39.8 Å². The van der Waals surface area contributed by atoms with E-state index in [0.717, 1.165) is 25.7 Å². The molecule has 5 heteroatoms. The van der Waals surface area contributed by atoms with Gasteiger partial charge in [0.15, 0.2) is 0 Å². The first-order valence-corrected chi connectivity index (χ1v) is 10.0. The fourth-order valence-corrected chi connectivity index (χ4v) is 4.41. The summed E-state index contributed by atoms with van der Waals surface area (Å²) in [6, 6.07) is 10.1. The van der Waals surface area contributed by atoms with Crippen molar-refractivity contribution in [2.45, 2.75) is 45.6 Å². The van der Waals surface area contributed by atoms with Gasteiger partial charge in [0.25, 0.3) is 0 Å². The Bertz CT molecular complexity index is 547. The number of ether oxygens (including phenoxy) is 1. The molecule has 0 aliphatic carbocycles. The van der Waals surface area contributed by atoms with Gasteiger partial charge in [-0.15, -0.1) is 4.31 Å². The molecule has 0 bridgehead atoms. The van der Waals surface area contributed by atoms with Crippen molar-refractivity contribution in [2.75, 3.05) is 18.9 Å². The summed E-state index contributed by atoms with van der Waals surface area (Å²) in [7, 11) is 0. The van der Waals surface area contributed by atoms with E-state index >= 15 is 0 Å². The molecular formula is C19H27NO3S. The van der Waals surface area contributed by atoms with E-state index in [1.54, 1.807) is 0 Å². The van der Waals surface area contributed by atoms with Gasteiger partial charge in [-0.05, 0) is 31.7 Å². The van der Waals surface area contributed by atoms with E-state index in [1.165, 1.54) is 5.56 Å². The molecule has 0 N–H and O–H groups in total. The summed E-state index contributed by atoms with van der Waals surface area (Å²) < 4.78 is 19.7. The van der Waals surface area contributed by atoms with E-state index < -0.39 is 11.4 Å². The minimum Gasteiger partial charge on any atom is -0.598 e. The third-order valence-electron chi connectivity index (χ3n) is 4.19. The molecule has 0 fully saturated rings. The lowest BCUT2D eigenvalue weighted by Crippen LogP contribution is -2.40. The monoisotopic (exact) mass is 349 g/mol. The Morgan fingerprint density at radius 2 is 2.08 bits per heavy atom. The molecule has 1 aliphatic heterocycles. The van der Waals surface area contributed by atoms with Crippen molar-refractivity contribution in [1.29, 1.82) is 0 Å². The predicted octanol–water partition coefficient (Wildman–Crippen LogP) is 3.26. The number of carbonyl (C=O) groups excluding carboxylic acids is 1. The van der Waals surface area contributed by atoms with E-state index in [9.17, 15) is 9.35 Å². The van der Waals surface area contributed by atoms with Crippen molar-refractivity contribution in [2.24, 2.45) is 0 Å². The van der Waals surface area contributed by atoms with Crippen molar-refractivity contribution in [3.63, 3.8) is 0 Å². The van der Waals surface area contributed by atoms with Crippen LogP contribution in [0.4, 0.5) is 0 Å². The van der Waals surface area contributed by atoms with Crippen molar-refractivity contribution in [1.82, 2.24) is 4.31 Å². The van der Waals surface area contributed by atoms with Gasteiger partial charge in [-0.3, -0.25) is 0 Å². The normalized spacial score (nSPS) is 19.1. The Morgan fingerprint density at radius 1 is 1.33 bits per heavy atom. The van der Waals surface area contributed by atoms with Crippen LogP contribution in [0.25, 0.3) is 0 Å². The average Bonchev–Trinajstić information content (AvgIpc) is 3.03. The van der Waals surface area contributed by atoms with Crippen molar-refractivity contribution in [3.05, 3.63) is 47.5 Å². The summed E-state index contributed by atoms with van der Waals surface area (Å²) >= 11 is -1.05. The molecule has 0 amide bonds. The second kappa shape index (κ2) is 9.87. The Labute approximate surface area is 148 Å². The third kappa shape index (κ3) is 5.10. The number of aryl methyl sites for hydroxylation is 1. The highest BCUT2D eigenvalue weighted by molar-refractivity contribution is 7.89. The highest BCUT2D eigenvalue weighted by Crippen LogP contribution is 2.27. The summed E-state index contributed by atoms with van der Waals surface area (Å²) in [5, 5.41) is 0. The molecule has 1 heterocycles.